The highest BCUT2D eigenvalue weighted by molar-refractivity contribution is 6.02. The largest absolute Gasteiger partial charge is 0.299 e. The number of likely N-dealkylation sites (N-methyl/N-ethyl adjacent to an activating group) is 1. The first-order chi connectivity index (χ1) is 12.0. The van der Waals surface area contributed by atoms with Crippen LogP contribution in [0.3, 0.4) is 0 Å². The maximum Gasteiger partial charge on any atom is 0.145 e. The van der Waals surface area contributed by atoms with E-state index in [2.05, 4.69) is 36.9 Å². The molecule has 2 nitrogen and oxygen atoms in total. The summed E-state index contributed by atoms with van der Waals surface area (Å²) < 4.78 is 0. The van der Waals surface area contributed by atoms with E-state index in [0.29, 0.717) is 18.1 Å². The lowest BCUT2D eigenvalue weighted by molar-refractivity contribution is -0.125. The van der Waals surface area contributed by atoms with E-state index >= 15 is 0 Å². The minimum absolute atomic E-state index is 0.226. The van der Waals surface area contributed by atoms with Crippen molar-refractivity contribution in [1.82, 2.24) is 4.90 Å². The zero-order chi connectivity index (χ0) is 17.8. The van der Waals surface area contributed by atoms with Crippen molar-refractivity contribution in [3.05, 3.63) is 41.0 Å². The summed E-state index contributed by atoms with van der Waals surface area (Å²) in [5, 5.41) is 0. The van der Waals surface area contributed by atoms with Gasteiger partial charge in [-0.05, 0) is 62.2 Å². The van der Waals surface area contributed by atoms with Crippen LogP contribution in [-0.4, -0.2) is 30.3 Å². The Morgan fingerprint density at radius 3 is 2.40 bits per heavy atom. The summed E-state index contributed by atoms with van der Waals surface area (Å²) in [6.07, 6.45) is 18.6. The van der Waals surface area contributed by atoms with Crippen molar-refractivity contribution >= 4 is 11.4 Å². The van der Waals surface area contributed by atoms with Gasteiger partial charge in [-0.3, -0.25) is 9.69 Å². The molecule has 0 saturated heterocycles. The maximum atomic E-state index is 13.0. The Balaban J connectivity index is 1.95. The van der Waals surface area contributed by atoms with Crippen LogP contribution in [0.15, 0.2) is 24.3 Å². The number of terminal acetylenes is 2. The molecule has 0 radical (unpaired) electrons. The second-order valence-electron chi connectivity index (χ2n) is 7.90. The van der Waals surface area contributed by atoms with Crippen molar-refractivity contribution in [2.24, 2.45) is 11.3 Å². The van der Waals surface area contributed by atoms with Gasteiger partial charge in [0.25, 0.3) is 0 Å². The average Bonchev–Trinajstić information content (AvgIpc) is 3.07. The first kappa shape index (κ1) is 16.2. The molecule has 2 saturated carbocycles. The van der Waals surface area contributed by atoms with Gasteiger partial charge >= 0.3 is 0 Å². The van der Waals surface area contributed by atoms with Gasteiger partial charge in [0, 0.05) is 17.5 Å². The summed E-state index contributed by atoms with van der Waals surface area (Å²) in [6.45, 7) is 0. The summed E-state index contributed by atoms with van der Waals surface area (Å²) in [5.74, 6) is 6.22. The topological polar surface area (TPSA) is 20.3 Å². The van der Waals surface area contributed by atoms with Crippen molar-refractivity contribution in [3.8, 4) is 24.7 Å². The number of hydrogen-bond donors (Lipinski definition) is 0. The number of nitrogens with zero attached hydrogens (tertiary/aromatic N) is 1. The predicted molar refractivity (Wildman–Crippen MR) is 101 cm³/mol. The molecule has 25 heavy (non-hydrogen) atoms. The molecule has 0 N–H and O–H groups in total. The Morgan fingerprint density at radius 1 is 1.12 bits per heavy atom. The molecule has 1 aromatic carbocycles. The fraction of sp³-hybridized carbons (Fsp3) is 0.435. The molecule has 0 heterocycles. The molecule has 0 aromatic heterocycles. The lowest BCUT2D eigenvalue weighted by Gasteiger charge is -2.43. The van der Waals surface area contributed by atoms with E-state index in [9.17, 15) is 4.79 Å². The van der Waals surface area contributed by atoms with Crippen LogP contribution in [0, 0.1) is 36.0 Å². The number of ketones is 1. The van der Waals surface area contributed by atoms with Crippen molar-refractivity contribution in [2.75, 3.05) is 14.1 Å². The third kappa shape index (κ3) is 1.95. The van der Waals surface area contributed by atoms with Gasteiger partial charge in [0.2, 0.25) is 0 Å². The highest BCUT2D eigenvalue weighted by atomic mass is 16.1. The van der Waals surface area contributed by atoms with Crippen LogP contribution in [0.5, 0.6) is 0 Å². The molecule has 4 rings (SSSR count). The first-order valence-corrected chi connectivity index (χ1v) is 9.01. The van der Waals surface area contributed by atoms with Crippen molar-refractivity contribution in [1.29, 1.82) is 0 Å². The van der Waals surface area contributed by atoms with E-state index in [0.717, 1.165) is 36.0 Å². The molecule has 0 amide bonds. The Hall–Kier alpha value is -2.29. The summed E-state index contributed by atoms with van der Waals surface area (Å²) >= 11 is 0. The Bertz CT molecular complexity index is 846. The first-order valence-electron chi connectivity index (χ1n) is 9.01. The van der Waals surface area contributed by atoms with E-state index in [4.69, 9.17) is 12.8 Å². The van der Waals surface area contributed by atoms with Gasteiger partial charge in [-0.15, -0.1) is 12.8 Å². The number of allylic oxidation sites excluding steroid dienone is 1. The molecule has 3 aliphatic carbocycles. The van der Waals surface area contributed by atoms with Crippen LogP contribution >= 0.6 is 0 Å². The van der Waals surface area contributed by atoms with Crippen molar-refractivity contribution in [2.45, 2.75) is 37.6 Å². The van der Waals surface area contributed by atoms with E-state index in [-0.39, 0.29) is 11.0 Å². The molecular formula is C23H23NO. The van der Waals surface area contributed by atoms with Crippen molar-refractivity contribution < 1.29 is 4.79 Å². The van der Waals surface area contributed by atoms with Crippen molar-refractivity contribution in [3.63, 3.8) is 0 Å². The summed E-state index contributed by atoms with van der Waals surface area (Å²) in [5.41, 5.74) is 3.43. The van der Waals surface area contributed by atoms with Gasteiger partial charge in [0.1, 0.15) is 5.78 Å². The molecule has 3 atom stereocenters. The Morgan fingerprint density at radius 2 is 1.80 bits per heavy atom. The van der Waals surface area contributed by atoms with Gasteiger partial charge in [-0.25, -0.2) is 0 Å². The summed E-state index contributed by atoms with van der Waals surface area (Å²) in [7, 11) is 4.20. The molecular weight excluding hydrogens is 306 g/mol. The van der Waals surface area contributed by atoms with E-state index in [1.807, 2.05) is 18.2 Å². The van der Waals surface area contributed by atoms with E-state index < -0.39 is 0 Å². The zero-order valence-corrected chi connectivity index (χ0v) is 14.9. The SMILES string of the molecule is C#Cc1cc(C#C)cc(C2=C[C@@]34CCCC[C@@H]3[C@]2(N(C)C)CC4=O)c1. The molecule has 126 valence electrons. The molecule has 0 aliphatic heterocycles. The third-order valence-corrected chi connectivity index (χ3v) is 6.72. The third-order valence-electron chi connectivity index (χ3n) is 6.72. The lowest BCUT2D eigenvalue weighted by Crippen LogP contribution is -2.48. The Labute approximate surface area is 150 Å². The van der Waals surface area contributed by atoms with Crippen LogP contribution in [0.25, 0.3) is 5.57 Å². The van der Waals surface area contributed by atoms with E-state index in [1.165, 1.54) is 12.0 Å². The number of rotatable bonds is 2. The number of carbonyl (C=O) groups excluding carboxylic acids is 1. The lowest BCUT2D eigenvalue weighted by atomic mass is 9.68. The average molecular weight is 329 g/mol. The zero-order valence-electron chi connectivity index (χ0n) is 14.9. The number of Topliss-reactive ketones (excluding diaryl/α,β-unsaturated/α-hetero) is 1. The van der Waals surface area contributed by atoms with Crippen LogP contribution in [-0.2, 0) is 4.79 Å². The van der Waals surface area contributed by atoms with Gasteiger partial charge < -0.3 is 0 Å². The number of benzene rings is 1. The van der Waals surface area contributed by atoms with Crippen LogP contribution in [0.1, 0.15) is 48.8 Å². The van der Waals surface area contributed by atoms with Gasteiger partial charge in [0.05, 0.1) is 11.0 Å². The highest BCUT2D eigenvalue weighted by Gasteiger charge is 2.68. The van der Waals surface area contributed by atoms with Crippen LogP contribution in [0.2, 0.25) is 0 Å². The van der Waals surface area contributed by atoms with E-state index in [1.54, 1.807) is 0 Å². The minimum Gasteiger partial charge on any atom is -0.299 e. The summed E-state index contributed by atoms with van der Waals surface area (Å²) in [4.78, 5) is 15.3. The fourth-order valence-electron chi connectivity index (χ4n) is 5.64. The number of carbonyl (C=O) groups is 1. The normalized spacial score (nSPS) is 32.9. The highest BCUT2D eigenvalue weighted by Crippen LogP contribution is 2.66. The predicted octanol–water partition coefficient (Wildman–Crippen LogP) is 3.50. The molecule has 1 aromatic rings. The summed E-state index contributed by atoms with van der Waals surface area (Å²) in [6, 6.07) is 5.97. The monoisotopic (exact) mass is 329 g/mol. The van der Waals surface area contributed by atoms with Crippen LogP contribution in [0.4, 0.5) is 0 Å². The Kier molecular flexibility index (Phi) is 3.47. The molecule has 2 heteroatoms. The smallest absolute Gasteiger partial charge is 0.145 e. The molecule has 0 spiro atoms. The second-order valence-corrected chi connectivity index (χ2v) is 7.90. The fourth-order valence-corrected chi connectivity index (χ4v) is 5.64. The van der Waals surface area contributed by atoms with Gasteiger partial charge in [-0.1, -0.05) is 30.8 Å². The molecule has 2 bridgehead atoms. The standard InChI is InChI=1S/C23H23NO/c1-5-16-11-17(6-2)13-18(12-16)19-14-22-10-8-7-9-20(22)23(19,24(3)4)15-21(22)25/h1-2,11-14,20H,7-10,15H2,3-4H3/t20-,22-,23-/m0/s1. The molecule has 2 fully saturated rings. The second kappa shape index (κ2) is 5.35. The maximum absolute atomic E-state index is 13.0. The minimum atomic E-state index is -0.277. The molecule has 0 unspecified atom stereocenters. The van der Waals surface area contributed by atoms with Crippen LogP contribution < -0.4 is 0 Å². The van der Waals surface area contributed by atoms with Gasteiger partial charge in [0.15, 0.2) is 0 Å². The quantitative estimate of drug-likeness (QED) is 0.774. The number of hydrogen-bond acceptors (Lipinski definition) is 2. The van der Waals surface area contributed by atoms with Gasteiger partial charge in [-0.2, -0.15) is 0 Å². The molecule has 3 aliphatic rings.